The molecular formula is C25H23N3O3. The van der Waals surface area contributed by atoms with E-state index in [0.29, 0.717) is 28.4 Å². The van der Waals surface area contributed by atoms with Crippen molar-refractivity contribution in [1.82, 2.24) is 9.78 Å². The molecule has 6 heteroatoms. The minimum Gasteiger partial charge on any atom is -0.497 e. The normalized spacial score (nSPS) is 10.5. The molecule has 0 aliphatic rings. The minimum atomic E-state index is -0.288. The summed E-state index contributed by atoms with van der Waals surface area (Å²) < 4.78 is 12.4. The van der Waals surface area contributed by atoms with Crippen molar-refractivity contribution in [3.63, 3.8) is 0 Å². The van der Waals surface area contributed by atoms with Gasteiger partial charge in [-0.05, 0) is 31.2 Å². The van der Waals surface area contributed by atoms with Crippen LogP contribution >= 0.6 is 0 Å². The predicted octanol–water partition coefficient (Wildman–Crippen LogP) is 5.12. The highest BCUT2D eigenvalue weighted by Gasteiger charge is 2.20. The first kappa shape index (κ1) is 20.2. The molecule has 4 rings (SSSR count). The van der Waals surface area contributed by atoms with Crippen LogP contribution in [0.4, 0.5) is 5.69 Å². The molecule has 0 saturated heterocycles. The van der Waals surface area contributed by atoms with Gasteiger partial charge in [0.1, 0.15) is 17.2 Å². The summed E-state index contributed by atoms with van der Waals surface area (Å²) in [6, 6.07) is 22.9. The zero-order valence-electron chi connectivity index (χ0n) is 17.6. The summed E-state index contributed by atoms with van der Waals surface area (Å²) in [7, 11) is 3.13. The molecule has 0 spiro atoms. The van der Waals surface area contributed by atoms with Gasteiger partial charge in [-0.3, -0.25) is 4.79 Å². The zero-order valence-corrected chi connectivity index (χ0v) is 17.6. The van der Waals surface area contributed by atoms with Crippen molar-refractivity contribution in [2.45, 2.75) is 6.92 Å². The van der Waals surface area contributed by atoms with E-state index in [0.717, 1.165) is 16.8 Å². The molecule has 156 valence electrons. The molecule has 0 saturated carbocycles. The van der Waals surface area contributed by atoms with Crippen molar-refractivity contribution in [1.29, 1.82) is 0 Å². The van der Waals surface area contributed by atoms with Gasteiger partial charge in [-0.1, -0.05) is 48.0 Å². The van der Waals surface area contributed by atoms with Crippen molar-refractivity contribution < 1.29 is 14.3 Å². The van der Waals surface area contributed by atoms with Gasteiger partial charge in [-0.15, -0.1) is 0 Å². The Bertz CT molecular complexity index is 1200. The van der Waals surface area contributed by atoms with Crippen LogP contribution in [0.25, 0.3) is 16.9 Å². The summed E-state index contributed by atoms with van der Waals surface area (Å²) in [5.74, 6) is 0.875. The lowest BCUT2D eigenvalue weighted by atomic mass is 10.1. The van der Waals surface area contributed by atoms with Crippen LogP contribution in [0.1, 0.15) is 15.9 Å². The molecule has 0 unspecified atom stereocenters. The van der Waals surface area contributed by atoms with Gasteiger partial charge in [0.25, 0.3) is 5.91 Å². The molecule has 0 fully saturated rings. The lowest BCUT2D eigenvalue weighted by Crippen LogP contribution is -2.13. The number of amides is 1. The van der Waals surface area contributed by atoms with E-state index in [-0.39, 0.29) is 5.91 Å². The number of aromatic nitrogens is 2. The van der Waals surface area contributed by atoms with Crippen molar-refractivity contribution in [2.24, 2.45) is 0 Å². The first-order valence-corrected chi connectivity index (χ1v) is 9.84. The molecule has 0 atom stereocenters. The molecular weight excluding hydrogens is 390 g/mol. The number of methoxy groups -OCH3 is 2. The summed E-state index contributed by atoms with van der Waals surface area (Å²) >= 11 is 0. The van der Waals surface area contributed by atoms with E-state index in [1.165, 1.54) is 0 Å². The molecule has 3 aromatic carbocycles. The fraction of sp³-hybridized carbons (Fsp3) is 0.120. The topological polar surface area (TPSA) is 65.4 Å². The van der Waals surface area contributed by atoms with Crippen LogP contribution in [-0.4, -0.2) is 29.9 Å². The van der Waals surface area contributed by atoms with Gasteiger partial charge in [0.15, 0.2) is 0 Å². The number of carbonyl (C=O) groups excluding carboxylic acids is 1. The van der Waals surface area contributed by atoms with Crippen LogP contribution in [0.5, 0.6) is 11.5 Å². The monoisotopic (exact) mass is 413 g/mol. The number of hydrogen-bond donors (Lipinski definition) is 1. The second kappa shape index (κ2) is 8.75. The number of nitrogens with zero attached hydrogens (tertiary/aromatic N) is 2. The van der Waals surface area contributed by atoms with E-state index in [1.807, 2.05) is 61.5 Å². The predicted molar refractivity (Wildman–Crippen MR) is 121 cm³/mol. The fourth-order valence-corrected chi connectivity index (χ4v) is 3.28. The first-order valence-electron chi connectivity index (χ1n) is 9.84. The molecule has 0 aliphatic carbocycles. The smallest absolute Gasteiger partial charge is 0.259 e. The van der Waals surface area contributed by atoms with Crippen molar-refractivity contribution >= 4 is 11.6 Å². The van der Waals surface area contributed by atoms with E-state index >= 15 is 0 Å². The molecule has 4 aromatic rings. The highest BCUT2D eigenvalue weighted by atomic mass is 16.5. The van der Waals surface area contributed by atoms with Crippen LogP contribution < -0.4 is 14.8 Å². The minimum absolute atomic E-state index is 0.288. The number of nitrogens with one attached hydrogen (secondary N) is 1. The van der Waals surface area contributed by atoms with E-state index in [2.05, 4.69) is 5.32 Å². The molecule has 0 radical (unpaired) electrons. The summed E-state index contributed by atoms with van der Waals surface area (Å²) in [6.07, 6.45) is 1.75. The Morgan fingerprint density at radius 2 is 1.68 bits per heavy atom. The number of benzene rings is 3. The summed E-state index contributed by atoms with van der Waals surface area (Å²) in [5, 5.41) is 7.66. The molecule has 31 heavy (non-hydrogen) atoms. The second-order valence-electron chi connectivity index (χ2n) is 7.06. The molecule has 1 aromatic heterocycles. The SMILES string of the molecule is COc1ccc(OC)c(NC(=O)c2cn(-c3ccc(C)cc3)nc2-c2ccccc2)c1. The Morgan fingerprint density at radius 1 is 0.935 bits per heavy atom. The third kappa shape index (κ3) is 4.28. The van der Waals surface area contributed by atoms with Crippen LogP contribution in [0, 0.1) is 6.92 Å². The van der Waals surface area contributed by atoms with E-state index in [9.17, 15) is 4.79 Å². The van der Waals surface area contributed by atoms with Gasteiger partial charge in [0.05, 0.1) is 31.2 Å². The highest BCUT2D eigenvalue weighted by Crippen LogP contribution is 2.31. The second-order valence-corrected chi connectivity index (χ2v) is 7.06. The number of anilines is 1. The summed E-state index contributed by atoms with van der Waals surface area (Å²) in [4.78, 5) is 13.3. The molecule has 1 N–H and O–H groups in total. The standard InChI is InChI=1S/C25H23N3O3/c1-17-9-11-19(12-10-17)28-16-21(24(27-28)18-7-5-4-6-8-18)25(29)26-22-15-20(30-2)13-14-23(22)31-3/h4-16H,1-3H3,(H,26,29). The maximum Gasteiger partial charge on any atom is 0.259 e. The average Bonchev–Trinajstić information content (AvgIpc) is 3.26. The number of ether oxygens (including phenoxy) is 2. The average molecular weight is 413 g/mol. The highest BCUT2D eigenvalue weighted by molar-refractivity contribution is 6.08. The van der Waals surface area contributed by atoms with Crippen LogP contribution in [0.2, 0.25) is 0 Å². The molecule has 1 heterocycles. The van der Waals surface area contributed by atoms with E-state index in [1.54, 1.807) is 43.3 Å². The molecule has 0 aliphatic heterocycles. The summed E-state index contributed by atoms with van der Waals surface area (Å²) in [5.41, 5.74) is 4.46. The molecule has 1 amide bonds. The number of hydrogen-bond acceptors (Lipinski definition) is 4. The van der Waals surface area contributed by atoms with Gasteiger partial charge in [-0.2, -0.15) is 5.10 Å². The van der Waals surface area contributed by atoms with E-state index in [4.69, 9.17) is 14.6 Å². The first-order chi connectivity index (χ1) is 15.1. The third-order valence-corrected chi connectivity index (χ3v) is 4.96. The molecule has 6 nitrogen and oxygen atoms in total. The van der Waals surface area contributed by atoms with Crippen LogP contribution in [0.15, 0.2) is 79.0 Å². The van der Waals surface area contributed by atoms with Crippen molar-refractivity contribution in [3.05, 3.63) is 90.1 Å². The summed E-state index contributed by atoms with van der Waals surface area (Å²) in [6.45, 7) is 2.03. The lowest BCUT2D eigenvalue weighted by Gasteiger charge is -2.11. The number of aryl methyl sites for hydroxylation is 1. The van der Waals surface area contributed by atoms with E-state index < -0.39 is 0 Å². The quantitative estimate of drug-likeness (QED) is 0.477. The largest absolute Gasteiger partial charge is 0.497 e. The van der Waals surface area contributed by atoms with Gasteiger partial charge < -0.3 is 14.8 Å². The maximum absolute atomic E-state index is 13.3. The van der Waals surface area contributed by atoms with Crippen LogP contribution in [-0.2, 0) is 0 Å². The Kier molecular flexibility index (Phi) is 5.71. The number of rotatable bonds is 6. The van der Waals surface area contributed by atoms with Gasteiger partial charge >= 0.3 is 0 Å². The third-order valence-electron chi connectivity index (χ3n) is 4.96. The van der Waals surface area contributed by atoms with Crippen LogP contribution in [0.3, 0.4) is 0 Å². The van der Waals surface area contributed by atoms with Gasteiger partial charge in [0, 0.05) is 17.8 Å². The number of carbonyl (C=O) groups is 1. The molecule has 0 bridgehead atoms. The Morgan fingerprint density at radius 3 is 2.35 bits per heavy atom. The van der Waals surface area contributed by atoms with Crippen molar-refractivity contribution in [2.75, 3.05) is 19.5 Å². The van der Waals surface area contributed by atoms with Crippen molar-refractivity contribution in [3.8, 4) is 28.4 Å². The Hall–Kier alpha value is -4.06. The lowest BCUT2D eigenvalue weighted by molar-refractivity contribution is 0.102. The fourth-order valence-electron chi connectivity index (χ4n) is 3.28. The van der Waals surface area contributed by atoms with Gasteiger partial charge in [0.2, 0.25) is 0 Å². The Labute approximate surface area is 181 Å². The zero-order chi connectivity index (χ0) is 21.8. The van der Waals surface area contributed by atoms with Gasteiger partial charge in [-0.25, -0.2) is 4.68 Å². The Balaban J connectivity index is 1.76. The maximum atomic E-state index is 13.3.